The number of carbonyl (C=O) groups is 6. The van der Waals surface area contributed by atoms with Crippen LogP contribution in [0.4, 0.5) is 11.4 Å². The Morgan fingerprint density at radius 1 is 0.500 bits per heavy atom. The summed E-state index contributed by atoms with van der Waals surface area (Å²) in [7, 11) is 0. The normalized spacial score (nSPS) is 12.3. The Balaban J connectivity index is 0.000000157. The molecule has 4 aromatic carbocycles. The number of H-pyrrole nitrogens is 2. The molecule has 0 saturated heterocycles. The predicted molar refractivity (Wildman–Crippen MR) is 162 cm³/mol. The van der Waals surface area contributed by atoms with E-state index in [4.69, 9.17) is 31.3 Å². The number of benzene rings is 4. The van der Waals surface area contributed by atoms with E-state index in [2.05, 4.69) is 9.97 Å². The molecule has 0 atom stereocenters. The number of aromatic nitrogens is 2. The van der Waals surface area contributed by atoms with Gasteiger partial charge < -0.3 is 31.6 Å². The van der Waals surface area contributed by atoms with Gasteiger partial charge in [0.15, 0.2) is 23.1 Å². The highest BCUT2D eigenvalue weighted by molar-refractivity contribution is 6.32. The minimum Gasteiger partial charge on any atom is -0.473 e. The summed E-state index contributed by atoms with van der Waals surface area (Å²) in [4.78, 5) is 95.8. The maximum Gasteiger partial charge on any atom is 0.414 e. The van der Waals surface area contributed by atoms with Crippen molar-refractivity contribution in [1.82, 2.24) is 9.97 Å². The van der Waals surface area contributed by atoms with Crippen LogP contribution in [0, 0.1) is 0 Å². The van der Waals surface area contributed by atoms with Crippen LogP contribution in [0.3, 0.4) is 0 Å². The molecule has 5 aromatic rings. The van der Waals surface area contributed by atoms with Crippen molar-refractivity contribution in [2.24, 2.45) is 0 Å². The molecule has 0 unspecified atom stereocenters. The lowest BCUT2D eigenvalue weighted by Crippen LogP contribution is -2.30. The fraction of sp³-hybridized carbons (Fsp3) is 0. The summed E-state index contributed by atoms with van der Waals surface area (Å²) in [5.74, 6) is -4.71. The van der Waals surface area contributed by atoms with Gasteiger partial charge in [-0.3, -0.25) is 28.8 Å². The lowest BCUT2D eigenvalue weighted by Gasteiger charge is -2.19. The molecule has 2 aliphatic rings. The number of aliphatic carboxylic acids is 2. The van der Waals surface area contributed by atoms with E-state index in [1.807, 2.05) is 0 Å². The van der Waals surface area contributed by atoms with Gasteiger partial charge in [0.2, 0.25) is 0 Å². The molecule has 0 bridgehead atoms. The third kappa shape index (κ3) is 5.11. The Morgan fingerprint density at radius 2 is 0.913 bits per heavy atom. The van der Waals surface area contributed by atoms with Crippen LogP contribution in [0.15, 0.2) is 82.4 Å². The lowest BCUT2D eigenvalue weighted by molar-refractivity contribution is -0.159. The van der Waals surface area contributed by atoms with E-state index >= 15 is 0 Å². The summed E-state index contributed by atoms with van der Waals surface area (Å²) in [5.41, 5.74) is 13.1. The first-order valence-corrected chi connectivity index (χ1v) is 13.1. The molecular formula is C32H20N4O10. The number of aromatic amines is 2. The maximum absolute atomic E-state index is 12.7. The molecule has 14 nitrogen and oxygen atoms in total. The number of fused-ring (bicyclic) bond motifs is 6. The zero-order valence-electron chi connectivity index (χ0n) is 23.2. The number of ketones is 4. The van der Waals surface area contributed by atoms with Gasteiger partial charge in [0.25, 0.3) is 0 Å². The second-order valence-corrected chi connectivity index (χ2v) is 9.83. The first-order chi connectivity index (χ1) is 21.8. The van der Waals surface area contributed by atoms with Crippen LogP contribution in [0.1, 0.15) is 63.7 Å². The number of anilines is 2. The molecule has 0 amide bonds. The summed E-state index contributed by atoms with van der Waals surface area (Å²) < 4.78 is 0. The molecular weight excluding hydrogens is 600 g/mol. The Kier molecular flexibility index (Phi) is 7.70. The van der Waals surface area contributed by atoms with Gasteiger partial charge in [-0.1, -0.05) is 48.5 Å². The SMILES string of the molecule is Nc1ccc2c(c1N)C(=O)c1ccccc1C2=O.O=C(O)C(=O)O.O=C1c2ccccc2C(=O)c2c1ccc1[nH]c(=O)c(=O)[nH]c21. The number of nitrogens with one attached hydrogen (secondary N) is 2. The van der Waals surface area contributed by atoms with E-state index in [-0.39, 0.29) is 51.0 Å². The van der Waals surface area contributed by atoms with Crippen molar-refractivity contribution < 1.29 is 39.0 Å². The number of nitrogen functional groups attached to an aromatic ring is 2. The molecule has 1 aromatic heterocycles. The highest BCUT2D eigenvalue weighted by atomic mass is 16.4. The molecule has 0 fully saturated rings. The number of nitrogens with two attached hydrogens (primary N) is 2. The number of carboxylic acids is 2. The van der Waals surface area contributed by atoms with Crippen LogP contribution in [0.25, 0.3) is 11.0 Å². The number of hydrogen-bond acceptors (Lipinski definition) is 10. The van der Waals surface area contributed by atoms with E-state index < -0.39 is 23.1 Å². The molecule has 2 aliphatic carbocycles. The van der Waals surface area contributed by atoms with Crippen molar-refractivity contribution in [3.8, 4) is 0 Å². The topological polar surface area (TPSA) is 261 Å². The van der Waals surface area contributed by atoms with E-state index in [0.29, 0.717) is 39.0 Å². The van der Waals surface area contributed by atoms with E-state index in [0.717, 1.165) is 0 Å². The average molecular weight is 621 g/mol. The summed E-state index contributed by atoms with van der Waals surface area (Å²) in [6.45, 7) is 0. The van der Waals surface area contributed by atoms with Crippen LogP contribution in [0.2, 0.25) is 0 Å². The Labute approximate surface area is 255 Å². The molecule has 8 N–H and O–H groups in total. The van der Waals surface area contributed by atoms with Crippen molar-refractivity contribution in [2.75, 3.05) is 11.5 Å². The van der Waals surface area contributed by atoms with Crippen LogP contribution >= 0.6 is 0 Å². The minimum atomic E-state index is -1.82. The maximum atomic E-state index is 12.7. The second-order valence-electron chi connectivity index (χ2n) is 9.83. The standard InChI is InChI=1S/C16H8N2O4.C14H10N2O2.C2H2O4/c19-13-7-3-1-2-4-8(7)14(20)11-9(13)5-6-10-12(11)18-16(22)15(21)17-10;15-10-6-5-9-11(12(10)16)14(18)8-4-2-1-3-7(8)13(9)17;3-1(4)2(5)6/h1-6H,(H,17,21)(H,18,22);1-6H,15-16H2;(H,3,4)(H,5,6). The lowest BCUT2D eigenvalue weighted by atomic mass is 9.83. The van der Waals surface area contributed by atoms with Crippen LogP contribution < -0.4 is 22.6 Å². The van der Waals surface area contributed by atoms with Gasteiger partial charge in [-0.2, -0.15) is 0 Å². The van der Waals surface area contributed by atoms with Gasteiger partial charge in [-0.25, -0.2) is 9.59 Å². The monoisotopic (exact) mass is 620 g/mol. The quantitative estimate of drug-likeness (QED) is 0.105. The number of rotatable bonds is 0. The second kappa shape index (κ2) is 11.6. The first-order valence-electron chi connectivity index (χ1n) is 13.1. The van der Waals surface area contributed by atoms with Crippen LogP contribution in [0.5, 0.6) is 0 Å². The molecule has 46 heavy (non-hydrogen) atoms. The Morgan fingerprint density at radius 3 is 1.41 bits per heavy atom. The molecule has 0 radical (unpaired) electrons. The largest absolute Gasteiger partial charge is 0.473 e. The van der Waals surface area contributed by atoms with E-state index in [1.165, 1.54) is 12.1 Å². The molecule has 0 aliphatic heterocycles. The summed E-state index contributed by atoms with van der Waals surface area (Å²) in [6.07, 6.45) is 0. The third-order valence-corrected chi connectivity index (χ3v) is 7.14. The van der Waals surface area contributed by atoms with Crippen molar-refractivity contribution in [2.45, 2.75) is 0 Å². The zero-order valence-corrected chi connectivity index (χ0v) is 23.2. The van der Waals surface area contributed by atoms with Gasteiger partial charge in [0.05, 0.1) is 33.5 Å². The van der Waals surface area contributed by atoms with Crippen molar-refractivity contribution >= 4 is 57.5 Å². The summed E-state index contributed by atoms with van der Waals surface area (Å²) in [6, 6.07) is 19.3. The third-order valence-electron chi connectivity index (χ3n) is 7.14. The van der Waals surface area contributed by atoms with Gasteiger partial charge in [0.1, 0.15) is 0 Å². The summed E-state index contributed by atoms with van der Waals surface area (Å²) in [5, 5.41) is 14.8. The molecule has 7 rings (SSSR count). The average Bonchev–Trinajstić information content (AvgIpc) is 3.04. The van der Waals surface area contributed by atoms with Crippen molar-refractivity contribution in [3.05, 3.63) is 138 Å². The highest BCUT2D eigenvalue weighted by Crippen LogP contribution is 2.33. The Bertz CT molecular complexity index is 2300. The molecule has 228 valence electrons. The minimum absolute atomic E-state index is 0.120. The zero-order chi connectivity index (χ0) is 33.4. The fourth-order valence-electron chi connectivity index (χ4n) is 5.00. The van der Waals surface area contributed by atoms with Crippen LogP contribution in [-0.2, 0) is 9.59 Å². The van der Waals surface area contributed by atoms with E-state index in [9.17, 15) is 28.8 Å². The van der Waals surface area contributed by atoms with Crippen molar-refractivity contribution in [1.29, 1.82) is 0 Å². The first kappa shape index (κ1) is 30.5. The smallest absolute Gasteiger partial charge is 0.414 e. The van der Waals surface area contributed by atoms with Gasteiger partial charge in [-0.15, -0.1) is 0 Å². The molecule has 14 heteroatoms. The number of carboxylic acid groups (broad SMARTS) is 2. The van der Waals surface area contributed by atoms with E-state index in [1.54, 1.807) is 60.7 Å². The molecule has 0 spiro atoms. The van der Waals surface area contributed by atoms with Gasteiger partial charge >= 0.3 is 23.1 Å². The Hall–Kier alpha value is -6.96. The van der Waals surface area contributed by atoms with Gasteiger partial charge in [-0.05, 0) is 24.3 Å². The number of hydrogen-bond donors (Lipinski definition) is 6. The van der Waals surface area contributed by atoms with Gasteiger partial charge in [0, 0.05) is 33.4 Å². The molecule has 0 saturated carbocycles. The molecule has 1 heterocycles. The predicted octanol–water partition coefficient (Wildman–Crippen LogP) is 1.77. The van der Waals surface area contributed by atoms with Crippen molar-refractivity contribution in [3.63, 3.8) is 0 Å². The fourth-order valence-corrected chi connectivity index (χ4v) is 5.00. The number of carbonyl (C=O) groups excluding carboxylic acids is 4. The van der Waals surface area contributed by atoms with Crippen LogP contribution in [-0.4, -0.2) is 55.3 Å². The highest BCUT2D eigenvalue weighted by Gasteiger charge is 2.32. The summed E-state index contributed by atoms with van der Waals surface area (Å²) >= 11 is 0.